The van der Waals surface area contributed by atoms with Crippen molar-refractivity contribution < 1.29 is 0 Å². The minimum atomic E-state index is 0.150. The number of anilines is 2. The standard InChI is InChI=1S/C25H30BrN7/c26-21-11-9-20(10-12-21)18-31(23-7-1-3-13-29-23)15-5-6-22-19-32(16-17-33(22)25(27)28)24-8-2-4-14-30-24/h1-4,7-14,22H,5-6,15-19H2,(H3,27,28). The molecule has 3 aromatic rings. The Morgan fingerprint density at radius 3 is 2.45 bits per heavy atom. The number of nitrogens with two attached hydrogens (primary N) is 1. The number of hydrogen-bond acceptors (Lipinski definition) is 5. The van der Waals surface area contributed by atoms with Crippen molar-refractivity contribution in [2.75, 3.05) is 36.0 Å². The Bertz CT molecular complexity index is 1010. The van der Waals surface area contributed by atoms with E-state index in [1.165, 1.54) is 5.56 Å². The number of hydrogen-bond donors (Lipinski definition) is 2. The van der Waals surface area contributed by atoms with E-state index in [-0.39, 0.29) is 12.0 Å². The van der Waals surface area contributed by atoms with E-state index >= 15 is 0 Å². The molecule has 0 aliphatic carbocycles. The highest BCUT2D eigenvalue weighted by molar-refractivity contribution is 9.10. The molecule has 0 amide bonds. The largest absolute Gasteiger partial charge is 0.370 e. The lowest BCUT2D eigenvalue weighted by Crippen LogP contribution is -2.57. The van der Waals surface area contributed by atoms with Gasteiger partial charge in [-0.2, -0.15) is 0 Å². The van der Waals surface area contributed by atoms with Gasteiger partial charge in [0.15, 0.2) is 5.96 Å². The van der Waals surface area contributed by atoms with Crippen LogP contribution in [0.1, 0.15) is 18.4 Å². The zero-order valence-corrected chi connectivity index (χ0v) is 20.2. The van der Waals surface area contributed by atoms with Crippen LogP contribution in [0.2, 0.25) is 0 Å². The van der Waals surface area contributed by atoms with Crippen LogP contribution in [0.3, 0.4) is 0 Å². The summed E-state index contributed by atoms with van der Waals surface area (Å²) in [6.45, 7) is 4.04. The maximum absolute atomic E-state index is 8.06. The highest BCUT2D eigenvalue weighted by Crippen LogP contribution is 2.21. The van der Waals surface area contributed by atoms with Gasteiger partial charge in [-0.1, -0.05) is 40.2 Å². The number of halogens is 1. The Kier molecular flexibility index (Phi) is 7.78. The zero-order valence-electron chi connectivity index (χ0n) is 18.6. The molecule has 2 aromatic heterocycles. The van der Waals surface area contributed by atoms with Gasteiger partial charge in [0.2, 0.25) is 0 Å². The Morgan fingerprint density at radius 2 is 1.79 bits per heavy atom. The molecule has 0 spiro atoms. The van der Waals surface area contributed by atoms with Gasteiger partial charge in [0.05, 0.1) is 0 Å². The van der Waals surface area contributed by atoms with Gasteiger partial charge in [0.25, 0.3) is 0 Å². The Hall–Kier alpha value is -3.13. The van der Waals surface area contributed by atoms with Crippen molar-refractivity contribution in [2.24, 2.45) is 5.73 Å². The molecule has 1 aromatic carbocycles. The minimum Gasteiger partial charge on any atom is -0.370 e. The van der Waals surface area contributed by atoms with Crippen LogP contribution in [0.15, 0.2) is 77.5 Å². The summed E-state index contributed by atoms with van der Waals surface area (Å²) in [5.41, 5.74) is 7.17. The molecular weight excluding hydrogens is 478 g/mol. The van der Waals surface area contributed by atoms with Crippen molar-refractivity contribution in [3.63, 3.8) is 0 Å². The summed E-state index contributed by atoms with van der Waals surface area (Å²) < 4.78 is 1.08. The molecule has 0 radical (unpaired) electrons. The van der Waals surface area contributed by atoms with E-state index in [9.17, 15) is 0 Å². The molecule has 33 heavy (non-hydrogen) atoms. The maximum Gasteiger partial charge on any atom is 0.188 e. The predicted octanol–water partition coefficient (Wildman–Crippen LogP) is 4.11. The predicted molar refractivity (Wildman–Crippen MR) is 138 cm³/mol. The van der Waals surface area contributed by atoms with Crippen molar-refractivity contribution in [1.82, 2.24) is 14.9 Å². The van der Waals surface area contributed by atoms with Gasteiger partial charge in [0.1, 0.15) is 11.6 Å². The number of nitrogens with one attached hydrogen (secondary N) is 1. The Morgan fingerprint density at radius 1 is 1.03 bits per heavy atom. The van der Waals surface area contributed by atoms with Crippen LogP contribution in [0.4, 0.5) is 11.6 Å². The first-order valence-electron chi connectivity index (χ1n) is 11.3. The molecule has 0 bridgehead atoms. The molecule has 1 saturated heterocycles. The second-order valence-corrected chi connectivity index (χ2v) is 9.16. The molecule has 8 heteroatoms. The number of guanidine groups is 1. The summed E-state index contributed by atoms with van der Waals surface area (Å²) in [5, 5.41) is 8.06. The lowest BCUT2D eigenvalue weighted by atomic mass is 10.1. The maximum atomic E-state index is 8.06. The molecular formula is C25H30BrN7. The van der Waals surface area contributed by atoms with Gasteiger partial charge in [-0.25, -0.2) is 9.97 Å². The third-order valence-electron chi connectivity index (χ3n) is 5.99. The van der Waals surface area contributed by atoms with Crippen LogP contribution >= 0.6 is 15.9 Å². The van der Waals surface area contributed by atoms with E-state index in [2.05, 4.69) is 66.0 Å². The van der Waals surface area contributed by atoms with E-state index in [4.69, 9.17) is 11.1 Å². The number of rotatable bonds is 8. The second-order valence-electron chi connectivity index (χ2n) is 8.24. The molecule has 0 saturated carbocycles. The highest BCUT2D eigenvalue weighted by Gasteiger charge is 2.28. The van der Waals surface area contributed by atoms with E-state index in [0.717, 1.165) is 61.7 Å². The average molecular weight is 508 g/mol. The molecule has 172 valence electrons. The van der Waals surface area contributed by atoms with E-state index in [0.29, 0.717) is 0 Å². The summed E-state index contributed by atoms with van der Waals surface area (Å²) in [6, 6.07) is 20.6. The zero-order chi connectivity index (χ0) is 23.0. The molecule has 1 aliphatic rings. The van der Waals surface area contributed by atoms with Crippen LogP contribution in [0.5, 0.6) is 0 Å². The average Bonchev–Trinajstić information content (AvgIpc) is 2.85. The van der Waals surface area contributed by atoms with Crippen LogP contribution < -0.4 is 15.5 Å². The van der Waals surface area contributed by atoms with Gasteiger partial charge < -0.3 is 20.4 Å². The monoisotopic (exact) mass is 507 g/mol. The van der Waals surface area contributed by atoms with Crippen LogP contribution in [-0.4, -0.2) is 53.0 Å². The van der Waals surface area contributed by atoms with E-state index in [1.54, 1.807) is 0 Å². The number of nitrogens with zero attached hydrogens (tertiary/aromatic N) is 5. The summed E-state index contributed by atoms with van der Waals surface area (Å²) in [7, 11) is 0. The fourth-order valence-electron chi connectivity index (χ4n) is 4.31. The summed E-state index contributed by atoms with van der Waals surface area (Å²) in [4.78, 5) is 15.7. The van der Waals surface area contributed by atoms with Crippen LogP contribution in [0.25, 0.3) is 0 Å². The van der Waals surface area contributed by atoms with Gasteiger partial charge in [-0.15, -0.1) is 0 Å². The number of benzene rings is 1. The van der Waals surface area contributed by atoms with Gasteiger partial charge in [0, 0.05) is 55.6 Å². The van der Waals surface area contributed by atoms with Crippen LogP contribution in [-0.2, 0) is 6.54 Å². The first-order chi connectivity index (χ1) is 16.1. The molecule has 1 aliphatic heterocycles. The van der Waals surface area contributed by atoms with Crippen molar-refractivity contribution in [3.8, 4) is 0 Å². The Balaban J connectivity index is 1.42. The highest BCUT2D eigenvalue weighted by atomic mass is 79.9. The molecule has 1 unspecified atom stereocenters. The lowest BCUT2D eigenvalue weighted by Gasteiger charge is -2.42. The van der Waals surface area contributed by atoms with Gasteiger partial charge in [-0.3, -0.25) is 5.41 Å². The molecule has 1 fully saturated rings. The lowest BCUT2D eigenvalue weighted by molar-refractivity contribution is 0.258. The summed E-state index contributed by atoms with van der Waals surface area (Å²) in [5.74, 6) is 2.11. The normalized spacial score (nSPS) is 16.0. The topological polar surface area (TPSA) is 85.4 Å². The van der Waals surface area contributed by atoms with Gasteiger partial charge in [-0.05, 0) is 54.8 Å². The van der Waals surface area contributed by atoms with Crippen molar-refractivity contribution in [1.29, 1.82) is 5.41 Å². The SMILES string of the molecule is N=C(N)N1CCN(c2ccccn2)CC1CCCN(Cc1ccc(Br)cc1)c1ccccn1. The van der Waals surface area contributed by atoms with Crippen molar-refractivity contribution >= 4 is 33.5 Å². The van der Waals surface area contributed by atoms with E-state index in [1.807, 2.05) is 47.6 Å². The second kappa shape index (κ2) is 11.1. The molecule has 3 N–H and O–H groups in total. The first-order valence-corrected chi connectivity index (χ1v) is 12.1. The molecule has 4 rings (SSSR count). The fourth-order valence-corrected chi connectivity index (χ4v) is 4.58. The Labute approximate surface area is 203 Å². The number of pyridine rings is 2. The molecule has 7 nitrogen and oxygen atoms in total. The number of piperazine rings is 1. The third-order valence-corrected chi connectivity index (χ3v) is 6.52. The van der Waals surface area contributed by atoms with Gasteiger partial charge >= 0.3 is 0 Å². The summed E-state index contributed by atoms with van der Waals surface area (Å²) in [6.07, 6.45) is 5.58. The van der Waals surface area contributed by atoms with E-state index < -0.39 is 0 Å². The smallest absolute Gasteiger partial charge is 0.188 e. The minimum absolute atomic E-state index is 0.150. The molecule has 1 atom stereocenters. The quantitative estimate of drug-likeness (QED) is 0.352. The van der Waals surface area contributed by atoms with Crippen LogP contribution in [0, 0.1) is 5.41 Å². The molecule has 3 heterocycles. The summed E-state index contributed by atoms with van der Waals surface area (Å²) >= 11 is 3.51. The fraction of sp³-hybridized carbons (Fsp3) is 0.320. The van der Waals surface area contributed by atoms with Crippen molar-refractivity contribution in [3.05, 3.63) is 83.1 Å². The van der Waals surface area contributed by atoms with Crippen molar-refractivity contribution in [2.45, 2.75) is 25.4 Å². The number of aromatic nitrogens is 2. The third kappa shape index (κ3) is 6.22. The first kappa shape index (κ1) is 23.0.